The molecule has 1 aromatic heterocycles. The number of unbranched alkanes of at least 4 members (excludes halogenated alkanes) is 1. The topological polar surface area (TPSA) is 44.2 Å². The van der Waals surface area contributed by atoms with Crippen LogP contribution in [0.5, 0.6) is 11.5 Å². The Balaban J connectivity index is 1.52. The van der Waals surface area contributed by atoms with Gasteiger partial charge in [0.2, 0.25) is 0 Å². The SMILES string of the molecule is CCCCOc1cnc(-c2ccc(OC[C@H]3CC[C@H](CCC)CC3)cc2C)nc1. The van der Waals surface area contributed by atoms with E-state index in [1.54, 1.807) is 12.4 Å². The van der Waals surface area contributed by atoms with Gasteiger partial charge in [0.05, 0.1) is 25.6 Å². The Morgan fingerprint density at radius 2 is 1.62 bits per heavy atom. The molecule has 0 spiro atoms. The summed E-state index contributed by atoms with van der Waals surface area (Å²) in [4.78, 5) is 8.97. The molecule has 29 heavy (non-hydrogen) atoms. The van der Waals surface area contributed by atoms with Crippen LogP contribution in [-0.4, -0.2) is 23.2 Å². The molecule has 1 aliphatic carbocycles. The molecule has 1 fully saturated rings. The van der Waals surface area contributed by atoms with E-state index in [1.807, 2.05) is 6.07 Å². The molecule has 0 bridgehead atoms. The van der Waals surface area contributed by atoms with Crippen molar-refractivity contribution in [2.24, 2.45) is 11.8 Å². The Morgan fingerprint density at radius 1 is 0.897 bits per heavy atom. The monoisotopic (exact) mass is 396 g/mol. The Hall–Kier alpha value is -2.10. The minimum Gasteiger partial charge on any atom is -0.493 e. The molecule has 0 radical (unpaired) electrons. The van der Waals surface area contributed by atoms with E-state index >= 15 is 0 Å². The van der Waals surface area contributed by atoms with E-state index in [9.17, 15) is 0 Å². The Labute approximate surface area is 176 Å². The lowest BCUT2D eigenvalue weighted by molar-refractivity contribution is 0.178. The van der Waals surface area contributed by atoms with Crippen LogP contribution in [0.25, 0.3) is 11.4 Å². The highest BCUT2D eigenvalue weighted by Gasteiger charge is 2.21. The van der Waals surface area contributed by atoms with Crippen LogP contribution < -0.4 is 9.47 Å². The molecule has 0 aliphatic heterocycles. The van der Waals surface area contributed by atoms with Crippen molar-refractivity contribution in [1.29, 1.82) is 0 Å². The first-order chi connectivity index (χ1) is 14.2. The van der Waals surface area contributed by atoms with Gasteiger partial charge < -0.3 is 9.47 Å². The number of ether oxygens (including phenoxy) is 2. The molecule has 2 aromatic rings. The first-order valence-corrected chi connectivity index (χ1v) is 11.4. The van der Waals surface area contributed by atoms with Gasteiger partial charge in [-0.2, -0.15) is 0 Å². The fourth-order valence-corrected chi connectivity index (χ4v) is 4.15. The smallest absolute Gasteiger partial charge is 0.159 e. The molecular formula is C25H36N2O2. The van der Waals surface area contributed by atoms with Crippen molar-refractivity contribution in [2.45, 2.75) is 72.1 Å². The minimum absolute atomic E-state index is 0.701. The molecule has 1 aromatic carbocycles. The van der Waals surface area contributed by atoms with Gasteiger partial charge >= 0.3 is 0 Å². The number of benzene rings is 1. The Bertz CT molecular complexity index is 737. The molecule has 0 saturated heterocycles. The largest absolute Gasteiger partial charge is 0.493 e. The highest BCUT2D eigenvalue weighted by Crippen LogP contribution is 2.32. The summed E-state index contributed by atoms with van der Waals surface area (Å²) in [5, 5.41) is 0. The van der Waals surface area contributed by atoms with Gasteiger partial charge in [-0.1, -0.05) is 46.0 Å². The second kappa shape index (κ2) is 11.2. The second-order valence-electron chi connectivity index (χ2n) is 8.41. The summed E-state index contributed by atoms with van der Waals surface area (Å²) in [6, 6.07) is 6.21. The highest BCUT2D eigenvalue weighted by molar-refractivity contribution is 5.61. The van der Waals surface area contributed by atoms with Gasteiger partial charge in [-0.15, -0.1) is 0 Å². The lowest BCUT2D eigenvalue weighted by Crippen LogP contribution is -2.20. The third-order valence-corrected chi connectivity index (χ3v) is 5.98. The fourth-order valence-electron chi connectivity index (χ4n) is 4.15. The second-order valence-corrected chi connectivity index (χ2v) is 8.41. The molecule has 1 aliphatic rings. The van der Waals surface area contributed by atoms with Crippen LogP contribution in [0.1, 0.15) is 70.8 Å². The summed E-state index contributed by atoms with van der Waals surface area (Å²) in [6.07, 6.45) is 13.7. The van der Waals surface area contributed by atoms with Crippen molar-refractivity contribution in [2.75, 3.05) is 13.2 Å². The summed E-state index contributed by atoms with van der Waals surface area (Å²) in [5.41, 5.74) is 2.17. The predicted octanol–water partition coefficient (Wildman–Crippen LogP) is 6.62. The number of rotatable bonds is 10. The van der Waals surface area contributed by atoms with E-state index in [0.717, 1.165) is 53.8 Å². The first-order valence-electron chi connectivity index (χ1n) is 11.4. The van der Waals surface area contributed by atoms with Crippen molar-refractivity contribution >= 4 is 0 Å². The molecule has 0 unspecified atom stereocenters. The van der Waals surface area contributed by atoms with Crippen LogP contribution in [-0.2, 0) is 0 Å². The summed E-state index contributed by atoms with van der Waals surface area (Å²) < 4.78 is 11.8. The van der Waals surface area contributed by atoms with Crippen molar-refractivity contribution in [3.05, 3.63) is 36.2 Å². The number of hydrogen-bond acceptors (Lipinski definition) is 4. The van der Waals surface area contributed by atoms with Gasteiger partial charge in [-0.25, -0.2) is 9.97 Å². The maximum atomic E-state index is 6.13. The fraction of sp³-hybridized carbons (Fsp3) is 0.600. The summed E-state index contributed by atoms with van der Waals surface area (Å²) in [6.45, 7) is 8.08. The molecule has 158 valence electrons. The third-order valence-electron chi connectivity index (χ3n) is 5.98. The number of hydrogen-bond donors (Lipinski definition) is 0. The Morgan fingerprint density at radius 3 is 2.28 bits per heavy atom. The van der Waals surface area contributed by atoms with Crippen LogP contribution >= 0.6 is 0 Å². The minimum atomic E-state index is 0.701. The molecule has 0 amide bonds. The molecule has 4 nitrogen and oxygen atoms in total. The number of aromatic nitrogens is 2. The van der Waals surface area contributed by atoms with E-state index in [1.165, 1.54) is 38.5 Å². The first kappa shape index (κ1) is 21.6. The standard InChI is InChI=1S/C25H36N2O2/c1-4-6-14-28-23-16-26-25(27-17-23)24-13-12-22(15-19(24)3)29-18-21-10-8-20(7-5-2)9-11-21/h12-13,15-17,20-21H,4-11,14,18H2,1-3H3/t20-,21-. The average Bonchev–Trinajstić information content (AvgIpc) is 2.74. The normalized spacial score (nSPS) is 19.1. The molecular weight excluding hydrogens is 360 g/mol. The number of aryl methyl sites for hydroxylation is 1. The van der Waals surface area contributed by atoms with Gasteiger partial charge in [0.1, 0.15) is 5.75 Å². The van der Waals surface area contributed by atoms with E-state index < -0.39 is 0 Å². The van der Waals surface area contributed by atoms with Crippen molar-refractivity contribution < 1.29 is 9.47 Å². The van der Waals surface area contributed by atoms with Crippen LogP contribution in [0.4, 0.5) is 0 Å². The summed E-state index contributed by atoms with van der Waals surface area (Å²) in [5.74, 6) is 4.05. The molecule has 0 N–H and O–H groups in total. The molecule has 1 heterocycles. The maximum Gasteiger partial charge on any atom is 0.159 e. The van der Waals surface area contributed by atoms with E-state index in [4.69, 9.17) is 9.47 Å². The van der Waals surface area contributed by atoms with Crippen molar-refractivity contribution in [3.63, 3.8) is 0 Å². The van der Waals surface area contributed by atoms with Gasteiger partial charge in [-0.05, 0) is 61.8 Å². The van der Waals surface area contributed by atoms with Gasteiger partial charge in [0, 0.05) is 5.56 Å². The molecule has 3 rings (SSSR count). The summed E-state index contributed by atoms with van der Waals surface area (Å²) >= 11 is 0. The van der Waals surface area contributed by atoms with E-state index in [-0.39, 0.29) is 0 Å². The zero-order valence-corrected chi connectivity index (χ0v) is 18.3. The maximum absolute atomic E-state index is 6.13. The zero-order valence-electron chi connectivity index (χ0n) is 18.3. The van der Waals surface area contributed by atoms with Crippen LogP contribution in [0.3, 0.4) is 0 Å². The lowest BCUT2D eigenvalue weighted by Gasteiger charge is -2.28. The molecule has 1 saturated carbocycles. The van der Waals surface area contributed by atoms with Crippen LogP contribution in [0.15, 0.2) is 30.6 Å². The molecule has 0 atom stereocenters. The van der Waals surface area contributed by atoms with Crippen molar-refractivity contribution in [3.8, 4) is 22.9 Å². The highest BCUT2D eigenvalue weighted by atomic mass is 16.5. The van der Waals surface area contributed by atoms with E-state index in [0.29, 0.717) is 12.5 Å². The van der Waals surface area contributed by atoms with Crippen molar-refractivity contribution in [1.82, 2.24) is 9.97 Å². The lowest BCUT2D eigenvalue weighted by atomic mass is 9.80. The Kier molecular flexibility index (Phi) is 8.33. The molecule has 4 heteroatoms. The van der Waals surface area contributed by atoms with Crippen LogP contribution in [0.2, 0.25) is 0 Å². The van der Waals surface area contributed by atoms with Gasteiger partial charge in [0.15, 0.2) is 11.6 Å². The zero-order chi connectivity index (χ0) is 20.5. The third kappa shape index (κ3) is 6.45. The summed E-state index contributed by atoms with van der Waals surface area (Å²) in [7, 11) is 0. The van der Waals surface area contributed by atoms with Crippen LogP contribution in [0, 0.1) is 18.8 Å². The number of nitrogens with zero attached hydrogens (tertiary/aromatic N) is 2. The predicted molar refractivity (Wildman–Crippen MR) is 118 cm³/mol. The van der Waals surface area contributed by atoms with Gasteiger partial charge in [-0.3, -0.25) is 0 Å². The van der Waals surface area contributed by atoms with Gasteiger partial charge in [0.25, 0.3) is 0 Å². The van der Waals surface area contributed by atoms with E-state index in [2.05, 4.69) is 42.9 Å². The quantitative estimate of drug-likeness (QED) is 0.424. The average molecular weight is 397 g/mol.